The van der Waals surface area contributed by atoms with Crippen molar-refractivity contribution in [1.29, 1.82) is 0 Å². The first-order valence-electron chi connectivity index (χ1n) is 5.42. The van der Waals surface area contributed by atoms with Crippen molar-refractivity contribution in [2.24, 2.45) is 10.9 Å². The van der Waals surface area contributed by atoms with Crippen LogP contribution in [0.1, 0.15) is 26.2 Å². The van der Waals surface area contributed by atoms with E-state index in [1.807, 2.05) is 6.92 Å². The summed E-state index contributed by atoms with van der Waals surface area (Å²) in [5.74, 6) is -1.74. The van der Waals surface area contributed by atoms with Crippen LogP contribution in [-0.2, 0) is 23.9 Å². The number of oxime groups is 1. The molecule has 0 aliphatic heterocycles. The zero-order chi connectivity index (χ0) is 14.0. The number of esters is 2. The fourth-order valence-electron chi connectivity index (χ4n) is 0.900. The smallest absolute Gasteiger partial charge is 0.377 e. The number of nitrogens with two attached hydrogens (primary N) is 1. The molecule has 7 nitrogen and oxygen atoms in total. The molecule has 0 aromatic carbocycles. The lowest BCUT2D eigenvalue weighted by Gasteiger charge is -2.03. The Morgan fingerprint density at radius 3 is 2.44 bits per heavy atom. The number of nitrogens with zero attached hydrogens (tertiary/aromatic N) is 1. The van der Waals surface area contributed by atoms with Gasteiger partial charge in [0.2, 0.25) is 5.76 Å². The molecule has 0 unspecified atom stereocenters. The quantitative estimate of drug-likeness (QED) is 0.180. The molecule has 0 rings (SSSR count). The highest BCUT2D eigenvalue weighted by Gasteiger charge is 2.14. The molecule has 0 aliphatic rings. The maximum atomic E-state index is 11.3. The molecular formula is C11H18N2O5. The van der Waals surface area contributed by atoms with Crippen LogP contribution < -0.4 is 5.73 Å². The van der Waals surface area contributed by atoms with Gasteiger partial charge < -0.3 is 20.0 Å². The Kier molecular flexibility index (Phi) is 8.00. The van der Waals surface area contributed by atoms with Crippen molar-refractivity contribution in [2.75, 3.05) is 14.2 Å². The highest BCUT2D eigenvalue weighted by Crippen LogP contribution is 2.03. The fourth-order valence-corrected chi connectivity index (χ4v) is 0.900. The van der Waals surface area contributed by atoms with E-state index in [9.17, 15) is 9.59 Å². The number of hydrogen-bond donors (Lipinski definition) is 1. The maximum Gasteiger partial charge on any atom is 0.377 e. The maximum absolute atomic E-state index is 11.3. The Labute approximate surface area is 106 Å². The molecule has 0 saturated heterocycles. The van der Waals surface area contributed by atoms with Crippen LogP contribution in [0.15, 0.2) is 17.0 Å². The first-order valence-corrected chi connectivity index (χ1v) is 5.42. The molecule has 102 valence electrons. The Morgan fingerprint density at radius 2 is 1.94 bits per heavy atom. The van der Waals surface area contributed by atoms with Gasteiger partial charge in [0.15, 0.2) is 0 Å². The van der Waals surface area contributed by atoms with Crippen molar-refractivity contribution in [3.05, 3.63) is 11.8 Å². The van der Waals surface area contributed by atoms with Gasteiger partial charge in [-0.1, -0.05) is 18.5 Å². The fraction of sp³-hybridized carbons (Fsp3) is 0.545. The highest BCUT2D eigenvalue weighted by atomic mass is 16.7. The Morgan fingerprint density at radius 1 is 1.28 bits per heavy atom. The summed E-state index contributed by atoms with van der Waals surface area (Å²) < 4.78 is 8.79. The second-order valence-corrected chi connectivity index (χ2v) is 3.30. The summed E-state index contributed by atoms with van der Waals surface area (Å²) >= 11 is 0. The Bertz CT molecular complexity index is 349. The summed E-state index contributed by atoms with van der Waals surface area (Å²) in [6, 6.07) is 0. The normalized spacial score (nSPS) is 11.9. The van der Waals surface area contributed by atoms with E-state index in [-0.39, 0.29) is 11.6 Å². The third-order valence-electron chi connectivity index (χ3n) is 1.88. The molecule has 0 heterocycles. The molecule has 18 heavy (non-hydrogen) atoms. The van der Waals surface area contributed by atoms with Crippen LogP contribution in [0.25, 0.3) is 0 Å². The number of carbonyl (C=O) groups is 2. The average Bonchev–Trinajstić information content (AvgIpc) is 2.39. The molecule has 0 fully saturated rings. The van der Waals surface area contributed by atoms with E-state index in [2.05, 4.69) is 14.6 Å². The molecule has 0 aliphatic carbocycles. The van der Waals surface area contributed by atoms with E-state index < -0.39 is 11.9 Å². The van der Waals surface area contributed by atoms with E-state index in [4.69, 9.17) is 10.6 Å². The minimum absolute atomic E-state index is 0.233. The topological polar surface area (TPSA) is 100 Å². The number of hydrogen-bond acceptors (Lipinski definition) is 6. The standard InChI is InChI=1S/C11H18N2O5/c1-4-5-6-9(12)13-18-8(11(15)17-3)7-10(14)16-2/h7H,4-6H2,1-3H3,(H2,12,13)/b8-7+. The van der Waals surface area contributed by atoms with E-state index in [1.165, 1.54) is 7.11 Å². The molecule has 0 radical (unpaired) electrons. The van der Waals surface area contributed by atoms with Crippen LogP contribution in [0.3, 0.4) is 0 Å². The molecule has 0 spiro atoms. The van der Waals surface area contributed by atoms with Crippen molar-refractivity contribution in [1.82, 2.24) is 0 Å². The largest absolute Gasteiger partial charge is 0.466 e. The number of carbonyl (C=O) groups excluding carboxylic acids is 2. The lowest BCUT2D eigenvalue weighted by molar-refractivity contribution is -0.142. The van der Waals surface area contributed by atoms with Gasteiger partial charge in [-0.15, -0.1) is 0 Å². The van der Waals surface area contributed by atoms with Gasteiger partial charge in [0.25, 0.3) is 0 Å². The summed E-state index contributed by atoms with van der Waals surface area (Å²) in [4.78, 5) is 27.0. The minimum atomic E-state index is -0.840. The average molecular weight is 258 g/mol. The van der Waals surface area contributed by atoms with Crippen molar-refractivity contribution in [3.8, 4) is 0 Å². The van der Waals surface area contributed by atoms with Gasteiger partial charge in [-0.05, 0) is 6.42 Å². The van der Waals surface area contributed by atoms with Crippen molar-refractivity contribution in [2.45, 2.75) is 26.2 Å². The van der Waals surface area contributed by atoms with Gasteiger partial charge in [0.05, 0.1) is 20.3 Å². The van der Waals surface area contributed by atoms with Gasteiger partial charge in [0, 0.05) is 6.42 Å². The molecule has 0 aromatic heterocycles. The first-order chi connectivity index (χ1) is 8.54. The van der Waals surface area contributed by atoms with Gasteiger partial charge in [-0.2, -0.15) is 0 Å². The summed E-state index contributed by atoms with van der Waals surface area (Å²) in [6.45, 7) is 2.01. The van der Waals surface area contributed by atoms with E-state index in [1.54, 1.807) is 0 Å². The van der Waals surface area contributed by atoms with E-state index in [0.717, 1.165) is 26.0 Å². The molecule has 0 saturated carbocycles. The van der Waals surface area contributed by atoms with Crippen LogP contribution in [0.4, 0.5) is 0 Å². The first kappa shape index (κ1) is 16.0. The Hall–Kier alpha value is -2.05. The van der Waals surface area contributed by atoms with E-state index >= 15 is 0 Å². The third kappa shape index (κ3) is 6.51. The number of unbranched alkanes of at least 4 members (excludes halogenated alkanes) is 1. The molecular weight excluding hydrogens is 240 g/mol. The van der Waals surface area contributed by atoms with Crippen LogP contribution in [0.5, 0.6) is 0 Å². The van der Waals surface area contributed by atoms with Gasteiger partial charge in [-0.25, -0.2) is 9.59 Å². The number of ether oxygens (including phenoxy) is 2. The zero-order valence-corrected chi connectivity index (χ0v) is 10.8. The minimum Gasteiger partial charge on any atom is -0.466 e. The summed E-state index contributed by atoms with van der Waals surface area (Å²) in [6.07, 6.45) is 3.19. The van der Waals surface area contributed by atoms with Crippen LogP contribution >= 0.6 is 0 Å². The lowest BCUT2D eigenvalue weighted by Crippen LogP contribution is -2.14. The van der Waals surface area contributed by atoms with Crippen molar-refractivity contribution in [3.63, 3.8) is 0 Å². The predicted molar refractivity (Wildman–Crippen MR) is 64.3 cm³/mol. The highest BCUT2D eigenvalue weighted by molar-refractivity contribution is 5.94. The van der Waals surface area contributed by atoms with Crippen molar-refractivity contribution >= 4 is 17.8 Å². The molecule has 0 amide bonds. The third-order valence-corrected chi connectivity index (χ3v) is 1.88. The molecule has 0 aromatic rings. The molecule has 2 N–H and O–H groups in total. The van der Waals surface area contributed by atoms with Crippen LogP contribution in [0, 0.1) is 0 Å². The lowest BCUT2D eigenvalue weighted by atomic mass is 10.2. The van der Waals surface area contributed by atoms with E-state index in [0.29, 0.717) is 6.42 Å². The number of amidine groups is 1. The zero-order valence-electron chi connectivity index (χ0n) is 10.8. The molecule has 0 bridgehead atoms. The summed E-state index contributed by atoms with van der Waals surface area (Å²) in [5.41, 5.74) is 5.54. The Balaban J connectivity index is 4.66. The molecule has 0 atom stereocenters. The predicted octanol–water partition coefficient (Wildman–Crippen LogP) is 0.695. The van der Waals surface area contributed by atoms with Gasteiger partial charge >= 0.3 is 11.9 Å². The van der Waals surface area contributed by atoms with Gasteiger partial charge in [0.1, 0.15) is 5.84 Å². The second-order valence-electron chi connectivity index (χ2n) is 3.30. The monoisotopic (exact) mass is 258 g/mol. The SMILES string of the molecule is CCCC/C(N)=N/O/C(=C/C(=O)OC)C(=O)OC. The van der Waals surface area contributed by atoms with Crippen molar-refractivity contribution < 1.29 is 23.9 Å². The summed E-state index contributed by atoms with van der Waals surface area (Å²) in [7, 11) is 2.33. The second kappa shape index (κ2) is 9.03. The molecule has 7 heteroatoms. The number of methoxy groups -OCH3 is 2. The summed E-state index contributed by atoms with van der Waals surface area (Å²) in [5, 5.41) is 3.54. The van der Waals surface area contributed by atoms with Crippen LogP contribution in [-0.4, -0.2) is 32.0 Å². The van der Waals surface area contributed by atoms with Gasteiger partial charge in [-0.3, -0.25) is 0 Å². The number of rotatable bonds is 7. The van der Waals surface area contributed by atoms with Crippen LogP contribution in [0.2, 0.25) is 0 Å².